The third-order valence-electron chi connectivity index (χ3n) is 4.60. The van der Waals surface area contributed by atoms with E-state index < -0.39 is 5.91 Å². The maximum Gasteiger partial charge on any atom is 0.292 e. The molecular weight excluding hydrogens is 409 g/mol. The molecule has 0 saturated carbocycles. The summed E-state index contributed by atoms with van der Waals surface area (Å²) in [5.41, 5.74) is 2.35. The largest absolute Gasteiger partial charge is 0.454 e. The van der Waals surface area contributed by atoms with E-state index in [1.807, 2.05) is 19.9 Å². The lowest BCUT2D eigenvalue weighted by atomic mass is 10.2. The van der Waals surface area contributed by atoms with E-state index in [-0.39, 0.29) is 11.6 Å². The molecule has 0 aliphatic rings. The third kappa shape index (κ3) is 4.28. The molecule has 1 amide bonds. The minimum atomic E-state index is -0.413. The Labute approximate surface area is 177 Å². The number of benzene rings is 1. The van der Waals surface area contributed by atoms with Crippen LogP contribution >= 0.6 is 11.6 Å². The predicted octanol–water partition coefficient (Wildman–Crippen LogP) is 4.43. The van der Waals surface area contributed by atoms with Gasteiger partial charge in [0.2, 0.25) is 0 Å². The zero-order chi connectivity index (χ0) is 21.3. The molecule has 3 aromatic heterocycles. The summed E-state index contributed by atoms with van der Waals surface area (Å²) in [4.78, 5) is 12.5. The van der Waals surface area contributed by atoms with Crippen molar-refractivity contribution in [1.29, 1.82) is 0 Å². The summed E-state index contributed by atoms with van der Waals surface area (Å²) in [5.74, 6) is 0.407. The van der Waals surface area contributed by atoms with Gasteiger partial charge < -0.3 is 9.73 Å². The maximum atomic E-state index is 13.3. The van der Waals surface area contributed by atoms with Gasteiger partial charge in [-0.15, -0.1) is 0 Å². The fraction of sp³-hybridized carbons (Fsp3) is 0.190. The first-order valence-corrected chi connectivity index (χ1v) is 9.64. The van der Waals surface area contributed by atoms with E-state index in [0.717, 1.165) is 17.0 Å². The number of nitrogens with one attached hydrogen (secondary N) is 1. The van der Waals surface area contributed by atoms with Gasteiger partial charge in [-0.1, -0.05) is 23.7 Å². The molecule has 0 atom stereocenters. The molecule has 0 unspecified atom stereocenters. The highest BCUT2D eigenvalue weighted by molar-refractivity contribution is 6.31. The first-order valence-electron chi connectivity index (χ1n) is 9.26. The molecule has 0 aliphatic carbocycles. The van der Waals surface area contributed by atoms with Crippen LogP contribution in [0.2, 0.25) is 5.02 Å². The molecule has 4 aromatic rings. The van der Waals surface area contributed by atoms with E-state index in [9.17, 15) is 9.18 Å². The van der Waals surface area contributed by atoms with Gasteiger partial charge in [0.25, 0.3) is 5.91 Å². The number of aryl methyl sites for hydroxylation is 1. The van der Waals surface area contributed by atoms with Gasteiger partial charge in [0.05, 0.1) is 29.5 Å². The molecule has 1 aromatic carbocycles. The van der Waals surface area contributed by atoms with Crippen LogP contribution in [0.15, 0.2) is 53.1 Å². The van der Waals surface area contributed by atoms with Crippen molar-refractivity contribution in [3.05, 3.63) is 88.0 Å². The van der Waals surface area contributed by atoms with Crippen LogP contribution in [0.3, 0.4) is 0 Å². The number of halogens is 2. The minimum Gasteiger partial charge on any atom is -0.454 e. The zero-order valence-electron chi connectivity index (χ0n) is 16.4. The van der Waals surface area contributed by atoms with Crippen LogP contribution in [0.25, 0.3) is 0 Å². The first-order chi connectivity index (χ1) is 14.4. The summed E-state index contributed by atoms with van der Waals surface area (Å²) in [7, 11) is 0. The van der Waals surface area contributed by atoms with Gasteiger partial charge >= 0.3 is 0 Å². The Bertz CT molecular complexity index is 1210. The molecule has 1 N–H and O–H groups in total. The Morgan fingerprint density at radius 2 is 2.00 bits per heavy atom. The van der Waals surface area contributed by atoms with Gasteiger partial charge in [-0.05, 0) is 43.7 Å². The topological polar surface area (TPSA) is 77.9 Å². The number of furan rings is 1. The lowest BCUT2D eigenvalue weighted by Crippen LogP contribution is -2.12. The highest BCUT2D eigenvalue weighted by Gasteiger charge is 2.15. The van der Waals surface area contributed by atoms with Crippen LogP contribution in [-0.4, -0.2) is 25.5 Å². The smallest absolute Gasteiger partial charge is 0.292 e. The highest BCUT2D eigenvalue weighted by Crippen LogP contribution is 2.20. The average Bonchev–Trinajstić information content (AvgIpc) is 3.40. The van der Waals surface area contributed by atoms with Gasteiger partial charge in [-0.3, -0.25) is 14.2 Å². The van der Waals surface area contributed by atoms with Crippen molar-refractivity contribution < 1.29 is 13.6 Å². The SMILES string of the molecule is Cc1nn(Cc2ccc(C(=O)Nc3ccn(Cc4cccc(F)c4)n3)o2)c(C)c1Cl. The number of carbonyl (C=O) groups is 1. The molecule has 0 bridgehead atoms. The second kappa shape index (κ2) is 8.16. The summed E-state index contributed by atoms with van der Waals surface area (Å²) in [6.45, 7) is 4.47. The zero-order valence-corrected chi connectivity index (χ0v) is 17.2. The third-order valence-corrected chi connectivity index (χ3v) is 5.15. The minimum absolute atomic E-state index is 0.164. The monoisotopic (exact) mass is 427 g/mol. The van der Waals surface area contributed by atoms with Crippen molar-refractivity contribution in [2.75, 3.05) is 5.32 Å². The second-order valence-corrected chi connectivity index (χ2v) is 7.27. The fourth-order valence-electron chi connectivity index (χ4n) is 3.08. The second-order valence-electron chi connectivity index (χ2n) is 6.89. The van der Waals surface area contributed by atoms with Crippen LogP contribution in [0.1, 0.15) is 33.3 Å². The Hall–Kier alpha value is -3.39. The van der Waals surface area contributed by atoms with Crippen molar-refractivity contribution in [2.45, 2.75) is 26.9 Å². The maximum absolute atomic E-state index is 13.3. The number of hydrogen-bond acceptors (Lipinski definition) is 4. The Kier molecular flexibility index (Phi) is 5.41. The molecule has 9 heteroatoms. The van der Waals surface area contributed by atoms with E-state index in [1.54, 1.807) is 39.8 Å². The molecule has 4 rings (SSSR count). The van der Waals surface area contributed by atoms with Crippen LogP contribution in [0.4, 0.5) is 10.2 Å². The molecule has 0 fully saturated rings. The molecule has 0 spiro atoms. The van der Waals surface area contributed by atoms with Gasteiger partial charge in [0.15, 0.2) is 11.6 Å². The van der Waals surface area contributed by atoms with Crippen LogP contribution in [0, 0.1) is 19.7 Å². The summed E-state index contributed by atoms with van der Waals surface area (Å²) in [6, 6.07) is 11.3. The Morgan fingerprint density at radius 1 is 1.17 bits per heavy atom. The number of amides is 1. The summed E-state index contributed by atoms with van der Waals surface area (Å²) >= 11 is 6.17. The molecule has 3 heterocycles. The van der Waals surface area contributed by atoms with Crippen molar-refractivity contribution >= 4 is 23.3 Å². The molecule has 0 radical (unpaired) electrons. The summed E-state index contributed by atoms with van der Waals surface area (Å²) < 4.78 is 22.3. The van der Waals surface area contributed by atoms with Gasteiger partial charge in [0.1, 0.15) is 11.6 Å². The lowest BCUT2D eigenvalue weighted by molar-refractivity contribution is 0.0994. The van der Waals surface area contributed by atoms with Crippen molar-refractivity contribution in [3.63, 3.8) is 0 Å². The van der Waals surface area contributed by atoms with Gasteiger partial charge in [-0.25, -0.2) is 4.39 Å². The number of aromatic nitrogens is 4. The van der Waals surface area contributed by atoms with E-state index in [4.69, 9.17) is 16.0 Å². The Morgan fingerprint density at radius 3 is 2.73 bits per heavy atom. The van der Waals surface area contributed by atoms with Crippen molar-refractivity contribution in [2.24, 2.45) is 0 Å². The standard InChI is InChI=1S/C21H19ClFN5O2/c1-13-20(22)14(2)28(25-13)12-17-6-7-18(30-17)21(29)24-19-8-9-27(26-19)11-15-4-3-5-16(23)10-15/h3-10H,11-12H2,1-2H3,(H,24,26,29). The molecular formula is C21H19ClFN5O2. The Balaban J connectivity index is 1.40. The van der Waals surface area contributed by atoms with Crippen LogP contribution < -0.4 is 5.32 Å². The van der Waals surface area contributed by atoms with Gasteiger partial charge in [0, 0.05) is 12.3 Å². The average molecular weight is 428 g/mol. The van der Waals surface area contributed by atoms with E-state index in [1.165, 1.54) is 12.1 Å². The number of rotatable bonds is 6. The first kappa shape index (κ1) is 19.9. The molecule has 0 saturated heterocycles. The molecule has 0 aliphatic heterocycles. The fourth-order valence-corrected chi connectivity index (χ4v) is 3.21. The van der Waals surface area contributed by atoms with Gasteiger partial charge in [-0.2, -0.15) is 10.2 Å². The summed E-state index contributed by atoms with van der Waals surface area (Å²) in [5, 5.41) is 12.0. The molecule has 7 nitrogen and oxygen atoms in total. The highest BCUT2D eigenvalue weighted by atomic mass is 35.5. The number of anilines is 1. The van der Waals surface area contributed by atoms with Crippen molar-refractivity contribution in [3.8, 4) is 0 Å². The molecule has 30 heavy (non-hydrogen) atoms. The van der Waals surface area contributed by atoms with Crippen LogP contribution in [-0.2, 0) is 13.1 Å². The predicted molar refractivity (Wildman–Crippen MR) is 110 cm³/mol. The number of nitrogens with zero attached hydrogens (tertiary/aromatic N) is 4. The normalized spacial score (nSPS) is 11.1. The van der Waals surface area contributed by atoms with E-state index in [2.05, 4.69) is 15.5 Å². The number of hydrogen-bond donors (Lipinski definition) is 1. The lowest BCUT2D eigenvalue weighted by Gasteiger charge is -2.03. The number of carbonyl (C=O) groups excluding carboxylic acids is 1. The van der Waals surface area contributed by atoms with E-state index in [0.29, 0.717) is 29.7 Å². The quantitative estimate of drug-likeness (QED) is 0.493. The van der Waals surface area contributed by atoms with Crippen molar-refractivity contribution in [1.82, 2.24) is 19.6 Å². The van der Waals surface area contributed by atoms with E-state index >= 15 is 0 Å². The summed E-state index contributed by atoms with van der Waals surface area (Å²) in [6.07, 6.45) is 1.71. The van der Waals surface area contributed by atoms with Crippen LogP contribution in [0.5, 0.6) is 0 Å². The molecule has 154 valence electrons.